The Hall–Kier alpha value is -3.22. The van der Waals surface area contributed by atoms with E-state index in [1.54, 1.807) is 20.8 Å². The van der Waals surface area contributed by atoms with Crippen LogP contribution in [0.15, 0.2) is 24.4 Å². The second-order valence-corrected chi connectivity index (χ2v) is 12.0. The zero-order valence-corrected chi connectivity index (χ0v) is 23.7. The van der Waals surface area contributed by atoms with E-state index in [0.717, 1.165) is 17.2 Å². The van der Waals surface area contributed by atoms with E-state index in [-0.39, 0.29) is 37.3 Å². The number of carboxylic acid groups (broad SMARTS) is 1. The summed E-state index contributed by atoms with van der Waals surface area (Å²) in [6.07, 6.45) is -3.77. The summed E-state index contributed by atoms with van der Waals surface area (Å²) in [5.74, 6) is -3.62. The lowest BCUT2D eigenvalue weighted by molar-refractivity contribution is -0.152. The van der Waals surface area contributed by atoms with Gasteiger partial charge >= 0.3 is 18.8 Å². The molecule has 0 radical (unpaired) electrons. The molecule has 1 aromatic carbocycles. The van der Waals surface area contributed by atoms with Gasteiger partial charge in [-0.3, -0.25) is 19.1 Å². The van der Waals surface area contributed by atoms with Crippen molar-refractivity contribution in [1.29, 1.82) is 0 Å². The van der Waals surface area contributed by atoms with Crippen LogP contribution in [0.3, 0.4) is 0 Å². The Morgan fingerprint density at radius 1 is 1.20 bits per heavy atom. The van der Waals surface area contributed by atoms with Crippen LogP contribution in [0.5, 0.6) is 5.75 Å². The number of ether oxygens (including phenoxy) is 1. The molecule has 0 saturated heterocycles. The van der Waals surface area contributed by atoms with Crippen LogP contribution in [0.25, 0.3) is 0 Å². The number of aromatic nitrogens is 2. The lowest BCUT2D eigenvalue weighted by Gasteiger charge is -2.34. The van der Waals surface area contributed by atoms with E-state index in [1.807, 2.05) is 0 Å². The summed E-state index contributed by atoms with van der Waals surface area (Å²) in [5.41, 5.74) is -4.29. The van der Waals surface area contributed by atoms with E-state index in [4.69, 9.17) is 11.6 Å². The Labute approximate surface area is 238 Å². The number of carbonyl (C=O) groups excluding carboxylic acids is 2. The van der Waals surface area contributed by atoms with Gasteiger partial charge < -0.3 is 14.7 Å². The molecule has 0 aliphatic heterocycles. The molecule has 2 aromatic rings. The van der Waals surface area contributed by atoms with E-state index >= 15 is 0 Å². The molecule has 1 aliphatic rings. The summed E-state index contributed by atoms with van der Waals surface area (Å²) in [6.45, 7) is 2.42. The number of amides is 1. The highest BCUT2D eigenvalue weighted by molar-refractivity contribution is 6.34. The maximum absolute atomic E-state index is 14.4. The van der Waals surface area contributed by atoms with Crippen LogP contribution in [-0.4, -0.2) is 57.1 Å². The van der Waals surface area contributed by atoms with Gasteiger partial charge in [0, 0.05) is 6.54 Å². The Morgan fingerprint density at radius 2 is 1.80 bits per heavy atom. The van der Waals surface area contributed by atoms with Crippen LogP contribution in [0, 0.1) is 10.8 Å². The molecule has 41 heavy (non-hydrogen) atoms. The molecule has 8 nitrogen and oxygen atoms in total. The average molecular weight is 608 g/mol. The maximum atomic E-state index is 14.4. The van der Waals surface area contributed by atoms with Gasteiger partial charge in [0.05, 0.1) is 40.3 Å². The van der Waals surface area contributed by atoms with Crippen LogP contribution in [0.2, 0.25) is 5.02 Å². The fourth-order valence-electron chi connectivity index (χ4n) is 4.94. The minimum absolute atomic E-state index is 0.102. The largest absolute Gasteiger partial charge is 0.481 e. The van der Waals surface area contributed by atoms with Gasteiger partial charge in [0.2, 0.25) is 0 Å². The van der Waals surface area contributed by atoms with Crippen molar-refractivity contribution in [2.45, 2.75) is 72.2 Å². The number of hydrogen-bond donors (Lipinski definition) is 1. The van der Waals surface area contributed by atoms with Gasteiger partial charge in [-0.1, -0.05) is 38.4 Å². The number of rotatable bonds is 9. The number of alkyl halides is 5. The molecule has 14 heteroatoms. The molecule has 1 aromatic heterocycles. The Bertz CT molecular complexity index is 1300. The zero-order valence-electron chi connectivity index (χ0n) is 22.9. The number of ketones is 1. The molecule has 0 bridgehead atoms. The molecule has 1 saturated carbocycles. The minimum atomic E-state index is -5.01. The molecule has 1 fully saturated rings. The van der Waals surface area contributed by atoms with Crippen molar-refractivity contribution in [2.24, 2.45) is 10.8 Å². The molecule has 226 valence electrons. The number of aliphatic carboxylic acids is 1. The Morgan fingerprint density at radius 3 is 2.32 bits per heavy atom. The van der Waals surface area contributed by atoms with E-state index in [0.29, 0.717) is 4.68 Å². The molecule has 0 spiro atoms. The van der Waals surface area contributed by atoms with Crippen LogP contribution >= 0.6 is 11.6 Å². The highest BCUT2D eigenvalue weighted by atomic mass is 35.5. The van der Waals surface area contributed by atoms with Gasteiger partial charge in [-0.05, 0) is 50.2 Å². The summed E-state index contributed by atoms with van der Waals surface area (Å²) < 4.78 is 74.2. The minimum Gasteiger partial charge on any atom is -0.481 e. The first-order chi connectivity index (χ1) is 18.8. The van der Waals surface area contributed by atoms with Crippen molar-refractivity contribution in [3.05, 3.63) is 46.2 Å². The summed E-state index contributed by atoms with van der Waals surface area (Å²) in [4.78, 5) is 39.4. The van der Waals surface area contributed by atoms with Crippen molar-refractivity contribution in [3.63, 3.8) is 0 Å². The number of Topliss-reactive ketones (excluding diaryl/α,β-unsaturated/α-hetero) is 1. The highest BCUT2D eigenvalue weighted by Gasteiger charge is 2.45. The van der Waals surface area contributed by atoms with Crippen molar-refractivity contribution < 1.29 is 46.2 Å². The third kappa shape index (κ3) is 7.55. The second kappa shape index (κ2) is 11.9. The molecular formula is C27H31ClF5N3O5. The fourth-order valence-corrected chi connectivity index (χ4v) is 5.21. The summed E-state index contributed by atoms with van der Waals surface area (Å²) in [5, 5.41) is 13.1. The topological polar surface area (TPSA) is 102 Å². The van der Waals surface area contributed by atoms with Gasteiger partial charge in [-0.25, -0.2) is 0 Å². The number of carbonyl (C=O) groups is 3. The molecular weight excluding hydrogens is 577 g/mol. The molecule has 3 rings (SSSR count). The van der Waals surface area contributed by atoms with E-state index in [1.165, 1.54) is 19.1 Å². The number of hydrogen-bond acceptors (Lipinski definition) is 5. The smallest absolute Gasteiger partial charge is 0.433 e. The number of carboxylic acids is 1. The van der Waals surface area contributed by atoms with Gasteiger partial charge in [0.25, 0.3) is 5.91 Å². The zero-order chi connectivity index (χ0) is 30.9. The normalized spacial score (nSPS) is 19.7. The monoisotopic (exact) mass is 607 g/mol. The van der Waals surface area contributed by atoms with E-state index < -0.39 is 76.4 Å². The summed E-state index contributed by atoms with van der Waals surface area (Å²) >= 11 is 6.09. The first-order valence-electron chi connectivity index (χ1n) is 12.8. The highest BCUT2D eigenvalue weighted by Crippen LogP contribution is 2.43. The SMILES string of the molecule is CC(C)(C)CN(CC(=O)c1c(Cl)cccc1OC(F)F)C(=O)c1cnn([C@H]2CC[C@](C)(C(=O)O)CC2)c1C(F)(F)F. The van der Waals surface area contributed by atoms with Crippen molar-refractivity contribution >= 4 is 29.3 Å². The van der Waals surface area contributed by atoms with Crippen LogP contribution in [0.4, 0.5) is 22.0 Å². The van der Waals surface area contributed by atoms with E-state index in [9.17, 15) is 41.4 Å². The van der Waals surface area contributed by atoms with Gasteiger partial charge in [0.1, 0.15) is 5.75 Å². The number of benzene rings is 1. The Kier molecular flexibility index (Phi) is 9.41. The Balaban J connectivity index is 1.99. The quantitative estimate of drug-likeness (QED) is 0.250. The average Bonchev–Trinajstić information content (AvgIpc) is 3.28. The third-order valence-corrected chi connectivity index (χ3v) is 7.29. The molecule has 0 atom stereocenters. The molecule has 0 unspecified atom stereocenters. The molecule has 1 aliphatic carbocycles. The first-order valence-corrected chi connectivity index (χ1v) is 13.2. The van der Waals surface area contributed by atoms with Crippen LogP contribution in [0.1, 0.15) is 85.8 Å². The fraction of sp³-hybridized carbons (Fsp3) is 0.556. The molecule has 1 heterocycles. The first kappa shape index (κ1) is 32.3. The maximum Gasteiger partial charge on any atom is 0.433 e. The standard InChI is InChI=1S/C27H31ClF5N3O5/c1-25(2,3)14-35(13-18(37)20-17(28)6-5-7-19(20)41-24(29)30)22(38)16-12-34-36(21(16)27(31,32)33)15-8-10-26(4,11-9-15)23(39)40/h5-7,12,15,24H,8-11,13-14H2,1-4H3,(H,39,40)/t15-,26-. The van der Waals surface area contributed by atoms with Crippen LogP contribution < -0.4 is 4.74 Å². The number of halogens is 6. The molecule has 1 N–H and O–H groups in total. The third-order valence-electron chi connectivity index (χ3n) is 6.97. The van der Waals surface area contributed by atoms with Crippen molar-refractivity contribution in [3.8, 4) is 5.75 Å². The van der Waals surface area contributed by atoms with E-state index in [2.05, 4.69) is 9.84 Å². The van der Waals surface area contributed by atoms with Crippen molar-refractivity contribution in [1.82, 2.24) is 14.7 Å². The summed E-state index contributed by atoms with van der Waals surface area (Å²) in [6, 6.07) is 2.83. The van der Waals surface area contributed by atoms with Gasteiger partial charge in [-0.15, -0.1) is 0 Å². The predicted molar refractivity (Wildman–Crippen MR) is 138 cm³/mol. The molecule has 1 amide bonds. The summed E-state index contributed by atoms with van der Waals surface area (Å²) in [7, 11) is 0. The van der Waals surface area contributed by atoms with Crippen LogP contribution in [-0.2, 0) is 11.0 Å². The lowest BCUT2D eigenvalue weighted by atomic mass is 9.74. The predicted octanol–water partition coefficient (Wildman–Crippen LogP) is 6.73. The number of nitrogens with zero attached hydrogens (tertiary/aromatic N) is 3. The van der Waals surface area contributed by atoms with Crippen molar-refractivity contribution in [2.75, 3.05) is 13.1 Å². The second-order valence-electron chi connectivity index (χ2n) is 11.6. The lowest BCUT2D eigenvalue weighted by Crippen LogP contribution is -2.42. The van der Waals surface area contributed by atoms with Gasteiger partial charge in [0.15, 0.2) is 11.5 Å². The van der Waals surface area contributed by atoms with Gasteiger partial charge in [-0.2, -0.15) is 27.1 Å².